The number of carboxylic acid groups (broad SMARTS) is 1. The van der Waals surface area contributed by atoms with Gasteiger partial charge >= 0.3 is 5.97 Å². The first-order valence-electron chi connectivity index (χ1n) is 23.7. The summed E-state index contributed by atoms with van der Waals surface area (Å²) in [6.45, 7) is 13.9. The van der Waals surface area contributed by atoms with Gasteiger partial charge in [-0.1, -0.05) is 84.2 Å². The van der Waals surface area contributed by atoms with Crippen LogP contribution in [-0.4, -0.2) is 155 Å². The number of imide groups is 2. The number of hydrogen-bond donors (Lipinski definition) is 3. The van der Waals surface area contributed by atoms with E-state index in [-0.39, 0.29) is 54.3 Å². The number of likely N-dealkylation sites (tertiary alicyclic amines) is 2. The number of hydrogen-bond acceptors (Lipinski definition) is 11. The minimum absolute atomic E-state index is 0.00559. The van der Waals surface area contributed by atoms with Crippen LogP contribution in [0.5, 0.6) is 0 Å². The van der Waals surface area contributed by atoms with Crippen LogP contribution in [0.4, 0.5) is 0 Å². The molecule has 0 aliphatic carbocycles. The van der Waals surface area contributed by atoms with E-state index >= 15 is 0 Å². The van der Waals surface area contributed by atoms with E-state index in [2.05, 4.69) is 29.4 Å². The largest absolute Gasteiger partial charge is 0.480 e. The number of nitrogens with zero attached hydrogens (tertiary/aromatic N) is 4. The number of carbonyl (C=O) groups excluding carboxylic acids is 6. The van der Waals surface area contributed by atoms with Crippen molar-refractivity contribution < 1.29 is 48.1 Å². The second kappa shape index (κ2) is 24.9. The van der Waals surface area contributed by atoms with Crippen molar-refractivity contribution in [1.29, 1.82) is 0 Å². The smallest absolute Gasteiger partial charge is 0.326 e. The highest BCUT2D eigenvalue weighted by atomic mass is 16.5. The first-order chi connectivity index (χ1) is 30.9. The average Bonchev–Trinajstić information content (AvgIpc) is 4.00. The Kier molecular flexibility index (Phi) is 20.3. The maximum absolute atomic E-state index is 14.4. The van der Waals surface area contributed by atoms with Crippen LogP contribution in [0.25, 0.3) is 0 Å². The minimum Gasteiger partial charge on any atom is -0.480 e. The summed E-state index contributed by atoms with van der Waals surface area (Å²) in [5.74, 6) is -4.05. The molecule has 3 aliphatic rings. The Bertz CT molecular complexity index is 1810. The van der Waals surface area contributed by atoms with Gasteiger partial charge in [0.25, 0.3) is 11.8 Å². The fraction of sp³-hybridized carbons (Fsp3) is 0.694. The van der Waals surface area contributed by atoms with Crippen LogP contribution in [0.3, 0.4) is 0 Å². The molecule has 0 aromatic heterocycles. The van der Waals surface area contributed by atoms with Crippen LogP contribution in [0, 0.1) is 17.8 Å². The van der Waals surface area contributed by atoms with E-state index in [4.69, 9.17) is 9.47 Å². The van der Waals surface area contributed by atoms with E-state index in [0.717, 1.165) is 44.2 Å². The highest BCUT2D eigenvalue weighted by Gasteiger charge is 2.46. The average molecular weight is 909 g/mol. The van der Waals surface area contributed by atoms with Gasteiger partial charge in [0.2, 0.25) is 23.6 Å². The molecule has 0 unspecified atom stereocenters. The second-order valence-corrected chi connectivity index (χ2v) is 18.8. The molecule has 0 bridgehead atoms. The molecule has 6 amide bonds. The van der Waals surface area contributed by atoms with Gasteiger partial charge in [0.15, 0.2) is 0 Å². The summed E-state index contributed by atoms with van der Waals surface area (Å²) in [6.07, 6.45) is 8.15. The molecule has 16 heteroatoms. The second-order valence-electron chi connectivity index (χ2n) is 18.8. The summed E-state index contributed by atoms with van der Waals surface area (Å²) in [6, 6.07) is 6.41. The Balaban J connectivity index is 1.40. The van der Waals surface area contributed by atoms with E-state index in [1.165, 1.54) is 24.2 Å². The molecule has 9 atom stereocenters. The molecule has 2 saturated heterocycles. The molecule has 3 heterocycles. The highest BCUT2D eigenvalue weighted by Crippen LogP contribution is 2.32. The SMILES string of the molecule is CC[C@H](C)[C@@H]([C@@H](CC(=O)N1CCC[C@H]1[C@H](OC)[C@@H](C)C(=O)N[C@@H](Cc1ccccc1)C(=O)O)OC)N(C)[C@H](C(=O)NC(=O)[C@]1(C)CCCN1CCCCCCN1C(=O)C=CC1=O)C(C)C. The molecule has 0 spiro atoms. The van der Waals surface area contributed by atoms with Crippen molar-refractivity contribution >= 4 is 41.4 Å². The van der Waals surface area contributed by atoms with E-state index < -0.39 is 59.6 Å². The number of likely N-dealkylation sites (N-methyl/N-ethyl adjacent to an activating group) is 1. The number of amides is 6. The molecule has 16 nitrogen and oxygen atoms in total. The summed E-state index contributed by atoms with van der Waals surface area (Å²) in [4.78, 5) is 99.4. The Morgan fingerprint density at radius 3 is 2.12 bits per heavy atom. The zero-order valence-corrected chi connectivity index (χ0v) is 40.3. The summed E-state index contributed by atoms with van der Waals surface area (Å²) in [5.41, 5.74) is -0.0847. The molecule has 0 radical (unpaired) electrons. The van der Waals surface area contributed by atoms with E-state index in [1.54, 1.807) is 18.9 Å². The van der Waals surface area contributed by atoms with Gasteiger partial charge in [0.05, 0.1) is 42.2 Å². The van der Waals surface area contributed by atoms with Gasteiger partial charge in [-0.2, -0.15) is 0 Å². The van der Waals surface area contributed by atoms with Crippen molar-refractivity contribution in [2.45, 2.75) is 154 Å². The van der Waals surface area contributed by atoms with Crippen molar-refractivity contribution in [3.05, 3.63) is 48.0 Å². The molecule has 4 rings (SSSR count). The molecule has 0 saturated carbocycles. The lowest BCUT2D eigenvalue weighted by atomic mass is 9.87. The van der Waals surface area contributed by atoms with E-state index in [9.17, 15) is 38.7 Å². The van der Waals surface area contributed by atoms with Gasteiger partial charge < -0.3 is 24.8 Å². The maximum atomic E-state index is 14.4. The van der Waals surface area contributed by atoms with Crippen molar-refractivity contribution in [1.82, 2.24) is 30.2 Å². The number of nitrogens with one attached hydrogen (secondary N) is 2. The molecule has 3 aliphatic heterocycles. The lowest BCUT2D eigenvalue weighted by Crippen LogP contribution is -2.61. The zero-order chi connectivity index (χ0) is 48.0. The van der Waals surface area contributed by atoms with Gasteiger partial charge in [0, 0.05) is 51.9 Å². The third kappa shape index (κ3) is 13.5. The van der Waals surface area contributed by atoms with Gasteiger partial charge in [0.1, 0.15) is 6.04 Å². The lowest BCUT2D eigenvalue weighted by molar-refractivity contribution is -0.146. The predicted molar refractivity (Wildman–Crippen MR) is 246 cm³/mol. The van der Waals surface area contributed by atoms with E-state index in [1.807, 2.05) is 63.1 Å². The van der Waals surface area contributed by atoms with Crippen LogP contribution in [-0.2, 0) is 49.5 Å². The van der Waals surface area contributed by atoms with Crippen molar-refractivity contribution in [2.24, 2.45) is 17.8 Å². The molecular formula is C49H76N6O10. The standard InChI is InChI=1S/C49H76N6O10/c1-10-33(4)43(38(64-8)31-41(58)54-29-18-22-37(54)44(65-9)34(5)45(59)50-36(47(61)62)30-35-20-14-13-15-21-35)52(7)42(32(2)3)46(60)51-48(63)49(6)25-19-27-53(49)26-16-11-12-17-28-55-39(56)23-24-40(55)57/h13-15,20-21,23-24,32-34,36-38,42-44H,10-12,16-19,22,25-31H2,1-9H3,(H,50,59)(H,61,62)(H,51,60,63)/t33-,34+,36-,37-,38+,42-,43-,44+,49-/m0/s1. The van der Waals surface area contributed by atoms with Crippen molar-refractivity contribution in [3.8, 4) is 0 Å². The Morgan fingerprint density at radius 1 is 0.892 bits per heavy atom. The lowest BCUT2D eigenvalue weighted by Gasteiger charge is -2.43. The molecule has 362 valence electrons. The zero-order valence-electron chi connectivity index (χ0n) is 40.3. The Morgan fingerprint density at radius 2 is 1.54 bits per heavy atom. The molecular weight excluding hydrogens is 833 g/mol. The van der Waals surface area contributed by atoms with Crippen molar-refractivity contribution in [2.75, 3.05) is 47.4 Å². The Hall–Kier alpha value is -4.51. The first-order valence-corrected chi connectivity index (χ1v) is 23.7. The first kappa shape index (κ1) is 53.1. The minimum atomic E-state index is -1.14. The number of unbranched alkanes of at least 4 members (excludes halogenated alkanes) is 3. The number of benzene rings is 1. The number of carbonyl (C=O) groups is 7. The summed E-state index contributed by atoms with van der Waals surface area (Å²) >= 11 is 0. The molecule has 3 N–H and O–H groups in total. The Labute approximate surface area is 386 Å². The fourth-order valence-electron chi connectivity index (χ4n) is 10.2. The van der Waals surface area contributed by atoms with Crippen LogP contribution >= 0.6 is 0 Å². The summed E-state index contributed by atoms with van der Waals surface area (Å²) in [5, 5.41) is 15.4. The molecule has 2 fully saturated rings. The summed E-state index contributed by atoms with van der Waals surface area (Å²) in [7, 11) is 4.93. The predicted octanol–water partition coefficient (Wildman–Crippen LogP) is 4.20. The monoisotopic (exact) mass is 909 g/mol. The van der Waals surface area contributed by atoms with Crippen LogP contribution in [0.15, 0.2) is 42.5 Å². The van der Waals surface area contributed by atoms with Crippen LogP contribution in [0.2, 0.25) is 0 Å². The number of carboxylic acids is 1. The van der Waals surface area contributed by atoms with Crippen LogP contribution in [0.1, 0.15) is 111 Å². The third-order valence-corrected chi connectivity index (χ3v) is 14.1. The highest BCUT2D eigenvalue weighted by molar-refractivity contribution is 6.12. The molecule has 65 heavy (non-hydrogen) atoms. The molecule has 1 aromatic rings. The van der Waals surface area contributed by atoms with Crippen molar-refractivity contribution in [3.63, 3.8) is 0 Å². The fourth-order valence-corrected chi connectivity index (χ4v) is 10.2. The number of methoxy groups -OCH3 is 2. The third-order valence-electron chi connectivity index (χ3n) is 14.1. The normalized spacial score (nSPS) is 22.2. The van der Waals surface area contributed by atoms with Gasteiger partial charge in [-0.3, -0.25) is 48.8 Å². The maximum Gasteiger partial charge on any atom is 0.326 e. The summed E-state index contributed by atoms with van der Waals surface area (Å²) < 4.78 is 12.0. The van der Waals surface area contributed by atoms with Gasteiger partial charge in [-0.25, -0.2) is 4.79 Å². The number of rotatable bonds is 26. The number of ether oxygens (including phenoxy) is 2. The van der Waals surface area contributed by atoms with Gasteiger partial charge in [-0.15, -0.1) is 0 Å². The topological polar surface area (TPSA) is 195 Å². The van der Waals surface area contributed by atoms with E-state index in [0.29, 0.717) is 45.3 Å². The molecule has 1 aromatic carbocycles. The van der Waals surface area contributed by atoms with Crippen LogP contribution < -0.4 is 10.6 Å². The quantitative estimate of drug-likeness (QED) is 0.0888. The van der Waals surface area contributed by atoms with Gasteiger partial charge in [-0.05, 0) is 83.0 Å². The number of aliphatic carboxylic acids is 1.